The molecule has 1 aromatic heterocycles. The standard InChI is InChI=1S/C17H21N5O2/c1-12(23)13-4-3-5-14(8-13)19-17(24)20-15-6-7-22(10-15)16-9-18-21(2)11-16/h3-5,8-9,11,15H,6-7,10H2,1-2H3,(H2,19,20,24)/t15-/m0/s1. The third kappa shape index (κ3) is 3.73. The molecule has 24 heavy (non-hydrogen) atoms. The molecule has 1 saturated heterocycles. The van der Waals surface area contributed by atoms with Crippen molar-refractivity contribution < 1.29 is 9.59 Å². The summed E-state index contributed by atoms with van der Waals surface area (Å²) in [6.45, 7) is 3.15. The van der Waals surface area contributed by atoms with E-state index in [-0.39, 0.29) is 17.9 Å². The van der Waals surface area contributed by atoms with Gasteiger partial charge < -0.3 is 15.5 Å². The number of urea groups is 1. The highest BCUT2D eigenvalue weighted by Crippen LogP contribution is 2.19. The van der Waals surface area contributed by atoms with E-state index in [1.165, 1.54) is 6.92 Å². The van der Waals surface area contributed by atoms with Gasteiger partial charge in [0.05, 0.1) is 11.9 Å². The fourth-order valence-electron chi connectivity index (χ4n) is 2.85. The lowest BCUT2D eigenvalue weighted by atomic mass is 10.1. The third-order valence-electron chi connectivity index (χ3n) is 4.11. The maximum absolute atomic E-state index is 12.2. The molecule has 0 saturated carbocycles. The highest BCUT2D eigenvalue weighted by molar-refractivity contribution is 5.96. The van der Waals surface area contributed by atoms with Gasteiger partial charge >= 0.3 is 6.03 Å². The summed E-state index contributed by atoms with van der Waals surface area (Å²) in [5.74, 6) is -0.0260. The zero-order valence-electron chi connectivity index (χ0n) is 13.8. The van der Waals surface area contributed by atoms with Crippen LogP contribution in [0.2, 0.25) is 0 Å². The van der Waals surface area contributed by atoms with Gasteiger partial charge in [-0.2, -0.15) is 5.10 Å². The van der Waals surface area contributed by atoms with Gasteiger partial charge in [-0.25, -0.2) is 4.79 Å². The van der Waals surface area contributed by atoms with Crippen LogP contribution in [0.15, 0.2) is 36.7 Å². The molecule has 0 spiro atoms. The van der Waals surface area contributed by atoms with Crippen LogP contribution in [0.25, 0.3) is 0 Å². The van der Waals surface area contributed by atoms with Crippen molar-refractivity contribution >= 4 is 23.2 Å². The van der Waals surface area contributed by atoms with Gasteiger partial charge in [0.25, 0.3) is 0 Å². The van der Waals surface area contributed by atoms with Crippen molar-refractivity contribution in [3.05, 3.63) is 42.2 Å². The quantitative estimate of drug-likeness (QED) is 0.842. The molecule has 0 unspecified atom stereocenters. The van der Waals surface area contributed by atoms with Crippen LogP contribution in [-0.2, 0) is 7.05 Å². The topological polar surface area (TPSA) is 79.3 Å². The van der Waals surface area contributed by atoms with E-state index in [2.05, 4.69) is 20.6 Å². The van der Waals surface area contributed by atoms with Crippen LogP contribution in [0, 0.1) is 0 Å². The molecule has 1 atom stereocenters. The maximum Gasteiger partial charge on any atom is 0.319 e. The first-order chi connectivity index (χ1) is 11.5. The minimum absolute atomic E-state index is 0.0260. The molecule has 1 fully saturated rings. The molecular formula is C17H21N5O2. The van der Waals surface area contributed by atoms with Crippen molar-refractivity contribution in [1.29, 1.82) is 0 Å². The average Bonchev–Trinajstić information content (AvgIpc) is 3.16. The first-order valence-corrected chi connectivity index (χ1v) is 7.93. The van der Waals surface area contributed by atoms with Crippen molar-refractivity contribution in [2.75, 3.05) is 23.3 Å². The average molecular weight is 327 g/mol. The summed E-state index contributed by atoms with van der Waals surface area (Å²) in [6, 6.07) is 6.76. The Morgan fingerprint density at radius 3 is 2.88 bits per heavy atom. The summed E-state index contributed by atoms with van der Waals surface area (Å²) in [6.07, 6.45) is 4.68. The number of ketones is 1. The number of nitrogens with one attached hydrogen (secondary N) is 2. The summed E-state index contributed by atoms with van der Waals surface area (Å²) >= 11 is 0. The van der Waals surface area contributed by atoms with E-state index < -0.39 is 0 Å². The number of anilines is 2. The molecule has 7 heteroatoms. The van der Waals surface area contributed by atoms with Crippen molar-refractivity contribution in [3.8, 4) is 0 Å². The van der Waals surface area contributed by atoms with Crippen molar-refractivity contribution in [2.45, 2.75) is 19.4 Å². The van der Waals surface area contributed by atoms with Crippen LogP contribution in [0.4, 0.5) is 16.2 Å². The molecule has 0 bridgehead atoms. The molecule has 2 N–H and O–H groups in total. The second-order valence-electron chi connectivity index (χ2n) is 6.04. The molecule has 1 aromatic carbocycles. The van der Waals surface area contributed by atoms with Crippen molar-refractivity contribution in [2.24, 2.45) is 7.05 Å². The van der Waals surface area contributed by atoms with Crippen molar-refractivity contribution in [1.82, 2.24) is 15.1 Å². The number of benzene rings is 1. The predicted molar refractivity (Wildman–Crippen MR) is 92.4 cm³/mol. The lowest BCUT2D eigenvalue weighted by Gasteiger charge is -2.17. The van der Waals surface area contributed by atoms with Gasteiger partial charge in [-0.05, 0) is 25.5 Å². The smallest absolute Gasteiger partial charge is 0.319 e. The van der Waals surface area contributed by atoms with E-state index in [9.17, 15) is 9.59 Å². The SMILES string of the molecule is CC(=O)c1cccc(NC(=O)N[C@H]2CCN(c3cnn(C)c3)C2)c1. The Morgan fingerprint density at radius 1 is 1.33 bits per heavy atom. The molecule has 1 aliphatic heterocycles. The second kappa shape index (κ2) is 6.74. The Labute approximate surface area is 140 Å². The number of aromatic nitrogens is 2. The number of hydrogen-bond donors (Lipinski definition) is 2. The van der Waals surface area contributed by atoms with E-state index >= 15 is 0 Å². The molecule has 0 aliphatic carbocycles. The van der Waals surface area contributed by atoms with E-state index in [4.69, 9.17) is 0 Å². The fourth-order valence-corrected chi connectivity index (χ4v) is 2.85. The maximum atomic E-state index is 12.2. The van der Waals surface area contributed by atoms with Crippen LogP contribution in [0.5, 0.6) is 0 Å². The first kappa shape index (κ1) is 16.0. The Balaban J connectivity index is 1.54. The van der Waals surface area contributed by atoms with Gasteiger partial charge in [-0.15, -0.1) is 0 Å². The number of rotatable bonds is 4. The van der Waals surface area contributed by atoms with Crippen molar-refractivity contribution in [3.63, 3.8) is 0 Å². The second-order valence-corrected chi connectivity index (χ2v) is 6.04. The number of nitrogens with zero attached hydrogens (tertiary/aromatic N) is 3. The molecule has 2 amide bonds. The summed E-state index contributed by atoms with van der Waals surface area (Å²) < 4.78 is 1.77. The Bertz CT molecular complexity index is 755. The number of amides is 2. The van der Waals surface area contributed by atoms with Crippen LogP contribution >= 0.6 is 0 Å². The number of aryl methyl sites for hydroxylation is 1. The Morgan fingerprint density at radius 2 is 2.17 bits per heavy atom. The number of carbonyl (C=O) groups excluding carboxylic acids is 2. The van der Waals surface area contributed by atoms with Gasteiger partial charge in [0.15, 0.2) is 5.78 Å². The monoisotopic (exact) mass is 327 g/mol. The summed E-state index contributed by atoms with van der Waals surface area (Å²) in [5, 5.41) is 9.94. The zero-order chi connectivity index (χ0) is 17.1. The summed E-state index contributed by atoms with van der Waals surface area (Å²) in [4.78, 5) is 25.8. The van der Waals surface area contributed by atoms with E-state index in [0.717, 1.165) is 25.2 Å². The van der Waals surface area contributed by atoms with Crippen LogP contribution in [0.3, 0.4) is 0 Å². The highest BCUT2D eigenvalue weighted by Gasteiger charge is 2.24. The zero-order valence-corrected chi connectivity index (χ0v) is 13.8. The summed E-state index contributed by atoms with van der Waals surface area (Å²) in [5.41, 5.74) is 2.26. The lowest BCUT2D eigenvalue weighted by Crippen LogP contribution is -2.39. The van der Waals surface area contributed by atoms with E-state index in [0.29, 0.717) is 11.3 Å². The highest BCUT2D eigenvalue weighted by atomic mass is 16.2. The summed E-state index contributed by atoms with van der Waals surface area (Å²) in [7, 11) is 1.89. The molecule has 7 nitrogen and oxygen atoms in total. The Kier molecular flexibility index (Phi) is 4.50. The largest absolute Gasteiger partial charge is 0.367 e. The van der Waals surface area contributed by atoms with Gasteiger partial charge in [-0.1, -0.05) is 12.1 Å². The number of hydrogen-bond acceptors (Lipinski definition) is 4. The normalized spacial score (nSPS) is 16.9. The molecule has 1 aliphatic rings. The van der Waals surface area contributed by atoms with Crippen LogP contribution in [-0.4, -0.2) is 40.7 Å². The molecule has 0 radical (unpaired) electrons. The molecule has 2 aromatic rings. The molecular weight excluding hydrogens is 306 g/mol. The minimum Gasteiger partial charge on any atom is -0.367 e. The van der Waals surface area contributed by atoms with E-state index in [1.54, 1.807) is 28.9 Å². The number of Topliss-reactive ketones (excluding diaryl/α,β-unsaturated/α-hetero) is 1. The minimum atomic E-state index is -0.256. The molecule has 3 rings (SSSR count). The first-order valence-electron chi connectivity index (χ1n) is 7.93. The van der Waals surface area contributed by atoms with E-state index in [1.807, 2.05) is 19.4 Å². The van der Waals surface area contributed by atoms with Crippen LogP contribution < -0.4 is 15.5 Å². The third-order valence-corrected chi connectivity index (χ3v) is 4.11. The lowest BCUT2D eigenvalue weighted by molar-refractivity contribution is 0.101. The van der Waals surface area contributed by atoms with Gasteiger partial charge in [0.2, 0.25) is 0 Å². The van der Waals surface area contributed by atoms with Gasteiger partial charge in [0, 0.05) is 43.6 Å². The van der Waals surface area contributed by atoms with Crippen LogP contribution in [0.1, 0.15) is 23.7 Å². The predicted octanol–water partition coefficient (Wildman–Crippen LogP) is 2.02. The fraction of sp³-hybridized carbons (Fsp3) is 0.353. The van der Waals surface area contributed by atoms with Gasteiger partial charge in [0.1, 0.15) is 0 Å². The Hall–Kier alpha value is -2.83. The molecule has 2 heterocycles. The number of carbonyl (C=O) groups is 2. The molecule has 126 valence electrons. The van der Waals surface area contributed by atoms with Gasteiger partial charge in [-0.3, -0.25) is 9.48 Å².